The van der Waals surface area contributed by atoms with Crippen molar-refractivity contribution in [2.45, 2.75) is 25.4 Å². The molecule has 0 spiro atoms. The van der Waals surface area contributed by atoms with Crippen molar-refractivity contribution in [1.82, 2.24) is 4.98 Å². The third-order valence-corrected chi connectivity index (χ3v) is 3.49. The second-order valence-electron chi connectivity index (χ2n) is 4.42. The Morgan fingerprint density at radius 1 is 1.17 bits per heavy atom. The fourth-order valence-corrected chi connectivity index (χ4v) is 2.73. The Balaban J connectivity index is 2.44. The Bertz CT molecular complexity index is 634. The van der Waals surface area contributed by atoms with Crippen LogP contribution in [0.3, 0.4) is 0 Å². The first-order chi connectivity index (χ1) is 8.47. The first-order valence-corrected chi connectivity index (χ1v) is 6.03. The molecule has 1 heterocycles. The van der Waals surface area contributed by atoms with E-state index >= 15 is 0 Å². The monoisotopic (exact) mass is 271 g/mol. The first-order valence-electron chi connectivity index (χ1n) is 5.65. The standard InChI is InChI=1S/C13H9ClF3N/c14-7-4-5-11-9(6-7)12(13(15,16)17)8-2-1-3-10(8)18-11/h4-6H,1-3H2. The summed E-state index contributed by atoms with van der Waals surface area (Å²) in [5, 5.41) is 0.406. The van der Waals surface area contributed by atoms with Crippen molar-refractivity contribution < 1.29 is 13.2 Å². The lowest BCUT2D eigenvalue weighted by atomic mass is 10.0. The predicted molar refractivity (Wildman–Crippen MR) is 63.8 cm³/mol. The number of aryl methyl sites for hydroxylation is 1. The molecule has 0 radical (unpaired) electrons. The van der Waals surface area contributed by atoms with Gasteiger partial charge in [0.25, 0.3) is 0 Å². The van der Waals surface area contributed by atoms with Gasteiger partial charge in [0.05, 0.1) is 11.1 Å². The van der Waals surface area contributed by atoms with Gasteiger partial charge in [0.2, 0.25) is 0 Å². The van der Waals surface area contributed by atoms with Crippen LogP contribution in [0.1, 0.15) is 23.2 Å². The summed E-state index contributed by atoms with van der Waals surface area (Å²) in [6.07, 6.45) is -2.56. The van der Waals surface area contributed by atoms with Gasteiger partial charge in [0.1, 0.15) is 0 Å². The number of alkyl halides is 3. The molecule has 3 rings (SSSR count). The molecule has 1 aliphatic carbocycles. The highest BCUT2D eigenvalue weighted by molar-refractivity contribution is 6.31. The van der Waals surface area contributed by atoms with E-state index in [1.165, 1.54) is 6.07 Å². The zero-order valence-electron chi connectivity index (χ0n) is 9.31. The molecule has 0 saturated carbocycles. The molecule has 0 aliphatic heterocycles. The van der Waals surface area contributed by atoms with Crippen molar-refractivity contribution in [1.29, 1.82) is 0 Å². The summed E-state index contributed by atoms with van der Waals surface area (Å²) in [4.78, 5) is 4.31. The summed E-state index contributed by atoms with van der Waals surface area (Å²) in [5.74, 6) is 0. The van der Waals surface area contributed by atoms with Crippen LogP contribution in [0, 0.1) is 0 Å². The van der Waals surface area contributed by atoms with Gasteiger partial charge in [-0.2, -0.15) is 13.2 Å². The van der Waals surface area contributed by atoms with E-state index in [0.29, 0.717) is 34.6 Å². The molecule has 1 nitrogen and oxygen atoms in total. The zero-order valence-corrected chi connectivity index (χ0v) is 10.1. The maximum atomic E-state index is 13.2. The van der Waals surface area contributed by atoms with Crippen LogP contribution in [0.2, 0.25) is 5.02 Å². The molecular weight excluding hydrogens is 263 g/mol. The largest absolute Gasteiger partial charge is 0.417 e. The van der Waals surface area contributed by atoms with Crippen molar-refractivity contribution in [2.24, 2.45) is 0 Å². The minimum absolute atomic E-state index is 0.107. The number of fused-ring (bicyclic) bond motifs is 2. The fraction of sp³-hybridized carbons (Fsp3) is 0.308. The molecule has 0 saturated heterocycles. The smallest absolute Gasteiger partial charge is 0.253 e. The molecule has 2 aromatic rings. The molecule has 0 fully saturated rings. The number of hydrogen-bond acceptors (Lipinski definition) is 1. The van der Waals surface area contributed by atoms with Gasteiger partial charge in [0.15, 0.2) is 0 Å². The van der Waals surface area contributed by atoms with Gasteiger partial charge in [-0.3, -0.25) is 4.98 Å². The van der Waals surface area contributed by atoms with Crippen molar-refractivity contribution in [3.05, 3.63) is 40.0 Å². The average Bonchev–Trinajstić information content (AvgIpc) is 2.71. The molecule has 1 aromatic heterocycles. The van der Waals surface area contributed by atoms with E-state index in [1.807, 2.05) is 0 Å². The first kappa shape index (κ1) is 11.8. The molecule has 5 heteroatoms. The fourth-order valence-electron chi connectivity index (χ4n) is 2.56. The van der Waals surface area contributed by atoms with E-state index < -0.39 is 11.7 Å². The van der Waals surface area contributed by atoms with Crippen molar-refractivity contribution in [3.63, 3.8) is 0 Å². The summed E-state index contributed by atoms with van der Waals surface area (Å²) in [7, 11) is 0. The quantitative estimate of drug-likeness (QED) is 0.692. The Morgan fingerprint density at radius 2 is 1.94 bits per heavy atom. The highest BCUT2D eigenvalue weighted by Crippen LogP contribution is 2.41. The normalized spacial score (nSPS) is 15.1. The molecule has 1 aliphatic rings. The summed E-state index contributed by atoms with van der Waals surface area (Å²) in [5.41, 5.74) is 0.740. The van der Waals surface area contributed by atoms with E-state index in [9.17, 15) is 13.2 Å². The highest BCUT2D eigenvalue weighted by Gasteiger charge is 2.38. The summed E-state index contributed by atoms with van der Waals surface area (Å²) in [6.45, 7) is 0. The van der Waals surface area contributed by atoms with Gasteiger partial charge in [-0.15, -0.1) is 0 Å². The lowest BCUT2D eigenvalue weighted by Gasteiger charge is -2.15. The number of aromatic nitrogens is 1. The Kier molecular flexibility index (Phi) is 2.52. The van der Waals surface area contributed by atoms with Crippen molar-refractivity contribution >= 4 is 22.5 Å². The van der Waals surface area contributed by atoms with Gasteiger partial charge in [0, 0.05) is 16.1 Å². The Labute approximate surface area is 107 Å². The number of pyridine rings is 1. The van der Waals surface area contributed by atoms with Gasteiger partial charge >= 0.3 is 6.18 Å². The molecule has 0 bridgehead atoms. The van der Waals surface area contributed by atoms with Gasteiger partial charge < -0.3 is 0 Å². The topological polar surface area (TPSA) is 12.9 Å². The summed E-state index contributed by atoms with van der Waals surface area (Å²) < 4.78 is 39.7. The molecule has 1 aromatic carbocycles. The molecule has 94 valence electrons. The number of halogens is 4. The van der Waals surface area contributed by atoms with Crippen LogP contribution >= 0.6 is 11.6 Å². The zero-order chi connectivity index (χ0) is 12.9. The van der Waals surface area contributed by atoms with E-state index in [-0.39, 0.29) is 5.39 Å². The molecule has 0 atom stereocenters. The third kappa shape index (κ3) is 1.75. The molecule has 0 N–H and O–H groups in total. The lowest BCUT2D eigenvalue weighted by molar-refractivity contribution is -0.136. The van der Waals surface area contributed by atoms with Gasteiger partial charge in [-0.25, -0.2) is 0 Å². The Hall–Kier alpha value is -1.29. The van der Waals surface area contributed by atoms with Gasteiger partial charge in [-0.1, -0.05) is 11.6 Å². The highest BCUT2D eigenvalue weighted by atomic mass is 35.5. The SMILES string of the molecule is FC(F)(F)c1c2c(nc3ccc(Cl)cc13)CCC2. The molecule has 0 amide bonds. The minimum atomic E-state index is -4.36. The number of hydrogen-bond donors (Lipinski definition) is 0. The van der Waals surface area contributed by atoms with Crippen LogP contribution in [0.4, 0.5) is 13.2 Å². The van der Waals surface area contributed by atoms with Crippen LogP contribution in [0.15, 0.2) is 18.2 Å². The minimum Gasteiger partial charge on any atom is -0.253 e. The third-order valence-electron chi connectivity index (χ3n) is 3.26. The second kappa shape index (κ2) is 3.85. The van der Waals surface area contributed by atoms with Crippen molar-refractivity contribution in [2.75, 3.05) is 0 Å². The van der Waals surface area contributed by atoms with E-state index in [0.717, 1.165) is 6.42 Å². The van der Waals surface area contributed by atoms with Crippen LogP contribution in [-0.4, -0.2) is 4.98 Å². The molecular formula is C13H9ClF3N. The van der Waals surface area contributed by atoms with Gasteiger partial charge in [-0.05, 0) is 43.0 Å². The molecule has 18 heavy (non-hydrogen) atoms. The number of rotatable bonds is 0. The van der Waals surface area contributed by atoms with E-state index in [4.69, 9.17) is 11.6 Å². The van der Waals surface area contributed by atoms with E-state index in [1.54, 1.807) is 12.1 Å². The maximum absolute atomic E-state index is 13.2. The van der Waals surface area contributed by atoms with Crippen LogP contribution in [0.5, 0.6) is 0 Å². The molecule has 0 unspecified atom stereocenters. The Morgan fingerprint density at radius 3 is 2.67 bits per heavy atom. The predicted octanol–water partition coefficient (Wildman–Crippen LogP) is 4.40. The number of benzene rings is 1. The van der Waals surface area contributed by atoms with Crippen LogP contribution in [0.25, 0.3) is 10.9 Å². The number of nitrogens with zero attached hydrogens (tertiary/aromatic N) is 1. The average molecular weight is 272 g/mol. The lowest BCUT2D eigenvalue weighted by Crippen LogP contribution is -2.11. The van der Waals surface area contributed by atoms with Crippen LogP contribution < -0.4 is 0 Å². The van der Waals surface area contributed by atoms with Crippen molar-refractivity contribution in [3.8, 4) is 0 Å². The summed E-state index contributed by atoms with van der Waals surface area (Å²) in [6, 6.07) is 4.47. The summed E-state index contributed by atoms with van der Waals surface area (Å²) >= 11 is 5.80. The van der Waals surface area contributed by atoms with Crippen LogP contribution in [-0.2, 0) is 19.0 Å². The second-order valence-corrected chi connectivity index (χ2v) is 4.86. The van der Waals surface area contributed by atoms with E-state index in [2.05, 4.69) is 4.98 Å². The maximum Gasteiger partial charge on any atom is 0.417 e.